The van der Waals surface area contributed by atoms with Gasteiger partial charge >= 0.3 is 5.97 Å². The summed E-state index contributed by atoms with van der Waals surface area (Å²) in [5.74, 6) is -0.534. The van der Waals surface area contributed by atoms with Crippen LogP contribution in [0.5, 0.6) is 0 Å². The number of carbonyl (C=O) groups excluding carboxylic acids is 2. The summed E-state index contributed by atoms with van der Waals surface area (Å²) in [6, 6.07) is 0. The van der Waals surface area contributed by atoms with Gasteiger partial charge in [-0.2, -0.15) is 0 Å². The van der Waals surface area contributed by atoms with E-state index >= 15 is 0 Å². The minimum absolute atomic E-state index is 0.0112. The van der Waals surface area contributed by atoms with Gasteiger partial charge < -0.3 is 9.84 Å². The van der Waals surface area contributed by atoms with Crippen molar-refractivity contribution in [3.63, 3.8) is 0 Å². The first-order valence-corrected chi connectivity index (χ1v) is 9.41. The van der Waals surface area contributed by atoms with Crippen LogP contribution >= 0.6 is 0 Å². The van der Waals surface area contributed by atoms with Crippen molar-refractivity contribution in [2.24, 2.45) is 23.7 Å². The summed E-state index contributed by atoms with van der Waals surface area (Å²) < 4.78 is 5.29. The number of rotatable bonds is 10. The third kappa shape index (κ3) is 5.27. The van der Waals surface area contributed by atoms with E-state index in [1.54, 1.807) is 6.92 Å². The highest BCUT2D eigenvalue weighted by molar-refractivity contribution is 5.85. The third-order valence-corrected chi connectivity index (χ3v) is 5.37. The average molecular weight is 350 g/mol. The van der Waals surface area contributed by atoms with Crippen LogP contribution < -0.4 is 0 Å². The minimum atomic E-state index is -0.785. The molecule has 1 heterocycles. The molecule has 4 heteroatoms. The van der Waals surface area contributed by atoms with Crippen molar-refractivity contribution in [1.82, 2.24) is 0 Å². The Morgan fingerprint density at radius 2 is 1.92 bits per heavy atom. The normalized spacial score (nSPS) is 25.4. The molecule has 0 spiro atoms. The molecule has 0 aliphatic carbocycles. The van der Waals surface area contributed by atoms with Gasteiger partial charge in [0.15, 0.2) is 0 Å². The molecule has 0 bridgehead atoms. The fraction of sp³-hybridized carbons (Fsp3) is 0.714. The number of ketones is 1. The maximum absolute atomic E-state index is 12.6. The van der Waals surface area contributed by atoms with Crippen LogP contribution in [-0.4, -0.2) is 29.1 Å². The van der Waals surface area contributed by atoms with Crippen LogP contribution in [0.3, 0.4) is 0 Å². The summed E-state index contributed by atoms with van der Waals surface area (Å²) in [5, 5.41) is 10.2. The van der Waals surface area contributed by atoms with Crippen molar-refractivity contribution in [3.8, 4) is 0 Å². The second-order valence-electron chi connectivity index (χ2n) is 7.55. The van der Waals surface area contributed by atoms with E-state index in [0.29, 0.717) is 12.0 Å². The molecule has 0 aromatic heterocycles. The molecule has 25 heavy (non-hydrogen) atoms. The second-order valence-corrected chi connectivity index (χ2v) is 7.55. The predicted molar refractivity (Wildman–Crippen MR) is 100.0 cm³/mol. The van der Waals surface area contributed by atoms with E-state index in [1.165, 1.54) is 0 Å². The van der Waals surface area contributed by atoms with Gasteiger partial charge in [-0.3, -0.25) is 9.59 Å². The van der Waals surface area contributed by atoms with Crippen molar-refractivity contribution in [3.05, 3.63) is 23.8 Å². The molecule has 1 aliphatic rings. The second kappa shape index (κ2) is 9.33. The van der Waals surface area contributed by atoms with Gasteiger partial charge in [0, 0.05) is 11.8 Å². The summed E-state index contributed by atoms with van der Waals surface area (Å²) >= 11 is 0. The zero-order valence-electron chi connectivity index (χ0n) is 16.5. The van der Waals surface area contributed by atoms with Gasteiger partial charge in [-0.1, -0.05) is 52.8 Å². The number of esters is 1. The zero-order chi connectivity index (χ0) is 19.3. The number of aliphatic hydroxyl groups excluding tert-OH is 1. The highest BCUT2D eigenvalue weighted by atomic mass is 16.6. The molecular weight excluding hydrogens is 316 g/mol. The molecule has 1 fully saturated rings. The monoisotopic (exact) mass is 350 g/mol. The van der Waals surface area contributed by atoms with Gasteiger partial charge in [0.1, 0.15) is 11.9 Å². The average Bonchev–Trinajstić information content (AvgIpc) is 2.56. The summed E-state index contributed by atoms with van der Waals surface area (Å²) in [4.78, 5) is 24.0. The van der Waals surface area contributed by atoms with Crippen LogP contribution in [-0.2, 0) is 14.3 Å². The standard InChI is InChI=1S/C21H34O4/c1-8-13(4)18(22)16(7)19(23)14(5)10-12(3)11-15(6)20-17(9-2)21(24)25-20/h10,14-18,20,22H,4,8-9,11H2,1-3,5-7H3/b12-10+/t14-,15+,16+,17+,18-,20+/m1/s1. The lowest BCUT2D eigenvalue weighted by atomic mass is 9.81. The molecule has 6 atom stereocenters. The van der Waals surface area contributed by atoms with Crippen molar-refractivity contribution < 1.29 is 19.4 Å². The molecule has 1 saturated heterocycles. The van der Waals surface area contributed by atoms with E-state index in [0.717, 1.165) is 18.4 Å². The van der Waals surface area contributed by atoms with Crippen molar-refractivity contribution >= 4 is 11.8 Å². The molecule has 142 valence electrons. The fourth-order valence-electron chi connectivity index (χ4n) is 3.61. The van der Waals surface area contributed by atoms with Crippen molar-refractivity contribution in [1.29, 1.82) is 0 Å². The van der Waals surface area contributed by atoms with Crippen molar-refractivity contribution in [2.45, 2.75) is 73.0 Å². The molecule has 4 nitrogen and oxygen atoms in total. The molecule has 0 aromatic rings. The predicted octanol–water partition coefficient (Wildman–Crippen LogP) is 4.08. The molecule has 1 rings (SSSR count). The summed E-state index contributed by atoms with van der Waals surface area (Å²) in [6.45, 7) is 15.5. The smallest absolute Gasteiger partial charge is 0.313 e. The first kappa shape index (κ1) is 21.6. The van der Waals surface area contributed by atoms with E-state index < -0.39 is 12.0 Å². The Kier molecular flexibility index (Phi) is 8.07. The van der Waals surface area contributed by atoms with Gasteiger partial charge in [0.05, 0.1) is 12.0 Å². The Hall–Kier alpha value is -1.42. The molecular formula is C21H34O4. The number of hydrogen-bond donors (Lipinski definition) is 1. The van der Waals surface area contributed by atoms with Crippen LogP contribution in [0, 0.1) is 23.7 Å². The number of carbonyl (C=O) groups is 2. The highest BCUT2D eigenvalue weighted by Crippen LogP contribution is 2.34. The van der Waals surface area contributed by atoms with Gasteiger partial charge in [-0.05, 0) is 37.7 Å². The topological polar surface area (TPSA) is 63.6 Å². The van der Waals surface area contributed by atoms with Crippen LogP contribution in [0.25, 0.3) is 0 Å². The number of hydrogen-bond acceptors (Lipinski definition) is 4. The van der Waals surface area contributed by atoms with E-state index in [-0.39, 0.29) is 35.6 Å². The van der Waals surface area contributed by atoms with E-state index in [4.69, 9.17) is 4.74 Å². The number of aliphatic hydroxyl groups is 1. The van der Waals surface area contributed by atoms with Crippen LogP contribution in [0.4, 0.5) is 0 Å². The molecule has 1 N–H and O–H groups in total. The van der Waals surface area contributed by atoms with E-state index in [9.17, 15) is 14.7 Å². The van der Waals surface area contributed by atoms with Gasteiger partial charge in [0.25, 0.3) is 0 Å². The number of Topliss-reactive ketones (excluding diaryl/α,β-unsaturated/α-hetero) is 1. The summed E-state index contributed by atoms with van der Waals surface area (Å²) in [5.41, 5.74) is 1.81. The van der Waals surface area contributed by atoms with Crippen LogP contribution in [0.2, 0.25) is 0 Å². The van der Waals surface area contributed by atoms with Crippen LogP contribution in [0.1, 0.15) is 60.8 Å². The summed E-state index contributed by atoms with van der Waals surface area (Å²) in [7, 11) is 0. The molecule has 0 radical (unpaired) electrons. The lowest BCUT2D eigenvalue weighted by Crippen LogP contribution is -2.48. The van der Waals surface area contributed by atoms with Gasteiger partial charge in [-0.25, -0.2) is 0 Å². The number of allylic oxidation sites excluding steroid dienone is 2. The van der Waals surface area contributed by atoms with Crippen molar-refractivity contribution in [2.75, 3.05) is 0 Å². The van der Waals surface area contributed by atoms with Crippen LogP contribution in [0.15, 0.2) is 23.8 Å². The highest BCUT2D eigenvalue weighted by Gasteiger charge is 2.43. The minimum Gasteiger partial charge on any atom is -0.461 e. The SMILES string of the molecule is C=C(CC)[C@@H](O)[C@H](C)C(=O)[C@H](C)/C=C(\C)C[C@H](C)[C@@H]1OC(=O)[C@H]1CC. The maximum atomic E-state index is 12.6. The number of cyclic esters (lactones) is 1. The lowest BCUT2D eigenvalue weighted by molar-refractivity contribution is -0.191. The third-order valence-electron chi connectivity index (χ3n) is 5.37. The Labute approximate surface area is 152 Å². The van der Waals surface area contributed by atoms with Gasteiger partial charge in [0.2, 0.25) is 0 Å². The molecule has 0 aromatic carbocycles. The first-order valence-electron chi connectivity index (χ1n) is 9.41. The Morgan fingerprint density at radius 1 is 1.32 bits per heavy atom. The fourth-order valence-corrected chi connectivity index (χ4v) is 3.61. The Morgan fingerprint density at radius 3 is 2.40 bits per heavy atom. The van der Waals surface area contributed by atoms with E-state index in [1.807, 2.05) is 33.8 Å². The zero-order valence-corrected chi connectivity index (χ0v) is 16.5. The first-order chi connectivity index (χ1) is 11.6. The van der Waals surface area contributed by atoms with Gasteiger partial charge in [-0.15, -0.1) is 0 Å². The quantitative estimate of drug-likeness (QED) is 0.476. The molecule has 1 aliphatic heterocycles. The lowest BCUT2D eigenvalue weighted by Gasteiger charge is -2.38. The Bertz CT molecular complexity index is 534. The summed E-state index contributed by atoms with van der Waals surface area (Å²) in [6.07, 6.45) is 3.44. The maximum Gasteiger partial charge on any atom is 0.313 e. The Balaban J connectivity index is 2.63. The largest absolute Gasteiger partial charge is 0.461 e. The molecule has 0 amide bonds. The molecule has 0 saturated carbocycles. The molecule has 0 unspecified atom stereocenters. The number of ether oxygens (including phenoxy) is 1. The van der Waals surface area contributed by atoms with E-state index in [2.05, 4.69) is 13.5 Å².